The summed E-state index contributed by atoms with van der Waals surface area (Å²) in [5.74, 6) is 1.24. The molecule has 1 aliphatic heterocycles. The minimum atomic E-state index is 0.0617. The van der Waals surface area contributed by atoms with E-state index in [1.165, 1.54) is 19.2 Å². The van der Waals surface area contributed by atoms with Gasteiger partial charge in [-0.05, 0) is 50.9 Å². The quantitative estimate of drug-likeness (QED) is 0.318. The van der Waals surface area contributed by atoms with E-state index in [1.54, 1.807) is 12.3 Å². The van der Waals surface area contributed by atoms with Crippen molar-refractivity contribution in [1.29, 1.82) is 0 Å². The van der Waals surface area contributed by atoms with Crippen LogP contribution in [0.5, 0.6) is 5.75 Å². The first-order valence-electron chi connectivity index (χ1n) is 13.3. The van der Waals surface area contributed by atoms with Crippen LogP contribution in [0.2, 0.25) is 0 Å². The number of likely N-dealkylation sites (N-methyl/N-ethyl adjacent to an activating group) is 1. The number of nitrogens with one attached hydrogen (secondary N) is 1. The fourth-order valence-electron chi connectivity index (χ4n) is 5.48. The maximum Gasteiger partial charge on any atom is 0.246 e. The Morgan fingerprint density at radius 3 is 2.79 bits per heavy atom. The minimum absolute atomic E-state index is 0.0617. The monoisotopic (exact) mass is 527 g/mol. The van der Waals surface area contributed by atoms with E-state index < -0.39 is 0 Å². The topological polar surface area (TPSA) is 131 Å². The van der Waals surface area contributed by atoms with Crippen LogP contribution >= 0.6 is 0 Å². The normalized spacial score (nSPS) is 17.6. The number of ether oxygens (including phenoxy) is 1. The summed E-state index contributed by atoms with van der Waals surface area (Å²) in [6, 6.07) is 8.69. The number of aromatic nitrogens is 6. The number of hydrogen-bond acceptors (Lipinski definition) is 8. The number of anilines is 1. The molecule has 3 N–H and O–H groups in total. The molecule has 4 heterocycles. The second-order valence-corrected chi connectivity index (χ2v) is 10.4. The van der Waals surface area contributed by atoms with Gasteiger partial charge < -0.3 is 19.9 Å². The van der Waals surface area contributed by atoms with Crippen LogP contribution in [0.1, 0.15) is 36.7 Å². The van der Waals surface area contributed by atoms with Crippen LogP contribution in [0.15, 0.2) is 48.9 Å². The third-order valence-electron chi connectivity index (χ3n) is 7.72. The van der Waals surface area contributed by atoms with Crippen molar-refractivity contribution in [2.24, 2.45) is 0 Å². The van der Waals surface area contributed by atoms with Crippen molar-refractivity contribution in [3.8, 4) is 16.9 Å². The van der Waals surface area contributed by atoms with Gasteiger partial charge in [-0.15, -0.1) is 5.10 Å². The van der Waals surface area contributed by atoms with E-state index in [4.69, 9.17) is 10.5 Å². The van der Waals surface area contributed by atoms with Crippen LogP contribution in [0.3, 0.4) is 0 Å². The highest BCUT2D eigenvalue weighted by atomic mass is 16.5. The van der Waals surface area contributed by atoms with E-state index in [-0.39, 0.29) is 11.9 Å². The lowest BCUT2D eigenvalue weighted by atomic mass is 10.0. The molecule has 39 heavy (non-hydrogen) atoms. The highest BCUT2D eigenvalue weighted by Gasteiger charge is 2.31. The largest absolute Gasteiger partial charge is 0.487 e. The van der Waals surface area contributed by atoms with Crippen molar-refractivity contribution in [3.05, 3.63) is 60.3 Å². The number of rotatable bonds is 9. The molecule has 4 aromatic rings. The van der Waals surface area contributed by atoms with Gasteiger partial charge in [0.25, 0.3) is 0 Å². The molecule has 0 radical (unpaired) electrons. The molecular weight excluding hydrogens is 494 g/mol. The molecule has 2 fully saturated rings. The summed E-state index contributed by atoms with van der Waals surface area (Å²) in [5.41, 5.74) is 11.1. The van der Waals surface area contributed by atoms with Crippen LogP contribution < -0.4 is 10.5 Å². The Labute approximate surface area is 226 Å². The molecule has 1 atom stereocenters. The van der Waals surface area contributed by atoms with Gasteiger partial charge >= 0.3 is 0 Å². The molecule has 1 saturated carbocycles. The van der Waals surface area contributed by atoms with Crippen molar-refractivity contribution in [1.82, 2.24) is 39.7 Å². The predicted molar refractivity (Wildman–Crippen MR) is 148 cm³/mol. The number of hydrogen-bond donors (Lipinski definition) is 2. The lowest BCUT2D eigenvalue weighted by Crippen LogP contribution is -2.28. The van der Waals surface area contributed by atoms with Gasteiger partial charge in [0.05, 0.1) is 23.3 Å². The summed E-state index contributed by atoms with van der Waals surface area (Å²) < 4.78 is 8.08. The van der Waals surface area contributed by atoms with Crippen LogP contribution in [0, 0.1) is 6.92 Å². The second-order valence-electron chi connectivity index (χ2n) is 10.4. The van der Waals surface area contributed by atoms with E-state index in [9.17, 15) is 4.79 Å². The molecule has 1 aliphatic carbocycles. The number of H-pyrrole nitrogens is 1. The zero-order valence-corrected chi connectivity index (χ0v) is 22.2. The van der Waals surface area contributed by atoms with Crippen LogP contribution in [0.25, 0.3) is 22.2 Å². The summed E-state index contributed by atoms with van der Waals surface area (Å²) in [4.78, 5) is 26.1. The Morgan fingerprint density at radius 1 is 1.23 bits per heavy atom. The molecular formula is C28H33N9O2. The summed E-state index contributed by atoms with van der Waals surface area (Å²) in [5, 5.41) is 11.1. The molecule has 0 bridgehead atoms. The lowest BCUT2D eigenvalue weighted by Gasteiger charge is -2.18. The number of likely N-dealkylation sites (tertiary alicyclic amines) is 1. The smallest absolute Gasteiger partial charge is 0.246 e. The lowest BCUT2D eigenvalue weighted by molar-refractivity contribution is -0.125. The third kappa shape index (κ3) is 5.09. The Kier molecular flexibility index (Phi) is 6.74. The van der Waals surface area contributed by atoms with E-state index in [0.29, 0.717) is 31.6 Å². The zero-order valence-electron chi connectivity index (χ0n) is 22.2. The molecule has 1 amide bonds. The fourth-order valence-corrected chi connectivity index (χ4v) is 5.48. The number of benzene rings is 1. The first kappa shape index (κ1) is 25.1. The van der Waals surface area contributed by atoms with Crippen molar-refractivity contribution in [2.45, 2.75) is 44.9 Å². The fraction of sp³-hybridized carbons (Fsp3) is 0.393. The first-order valence-corrected chi connectivity index (χ1v) is 13.3. The summed E-state index contributed by atoms with van der Waals surface area (Å²) >= 11 is 0. The summed E-state index contributed by atoms with van der Waals surface area (Å²) in [6.45, 7) is 4.59. The van der Waals surface area contributed by atoms with E-state index in [0.717, 1.165) is 52.3 Å². The highest BCUT2D eigenvalue weighted by Crippen LogP contribution is 2.40. The number of fused-ring (bicyclic) bond motifs is 1. The molecule has 202 valence electrons. The van der Waals surface area contributed by atoms with Crippen molar-refractivity contribution >= 4 is 22.8 Å². The molecule has 1 saturated heterocycles. The molecule has 1 aromatic carbocycles. The molecule has 11 heteroatoms. The van der Waals surface area contributed by atoms with Gasteiger partial charge in [0, 0.05) is 43.0 Å². The van der Waals surface area contributed by atoms with Crippen LogP contribution in [0.4, 0.5) is 5.82 Å². The van der Waals surface area contributed by atoms with Crippen LogP contribution in [-0.2, 0) is 11.4 Å². The molecule has 0 unspecified atom stereocenters. The molecule has 11 nitrogen and oxygen atoms in total. The van der Waals surface area contributed by atoms with Crippen molar-refractivity contribution in [2.75, 3.05) is 32.4 Å². The number of aromatic amines is 1. The Morgan fingerprint density at radius 2 is 2.05 bits per heavy atom. The van der Waals surface area contributed by atoms with E-state index >= 15 is 0 Å². The van der Waals surface area contributed by atoms with Gasteiger partial charge in [-0.3, -0.25) is 14.8 Å². The Hall–Kier alpha value is -4.25. The number of carbonyl (C=O) groups is 1. The third-order valence-corrected chi connectivity index (χ3v) is 7.72. The minimum Gasteiger partial charge on any atom is -0.487 e. The van der Waals surface area contributed by atoms with Gasteiger partial charge in [0.2, 0.25) is 5.91 Å². The van der Waals surface area contributed by atoms with Gasteiger partial charge in [-0.2, -0.15) is 0 Å². The average Bonchev–Trinajstić information content (AvgIpc) is 3.31. The number of nitrogen functional groups attached to an aromatic ring is 1. The zero-order chi connectivity index (χ0) is 26.9. The first-order chi connectivity index (χ1) is 19.0. The molecule has 2 aliphatic rings. The number of nitrogens with two attached hydrogens (primary N) is 1. The number of nitrogens with zero attached hydrogens (tertiary/aromatic N) is 7. The Balaban J connectivity index is 1.22. The van der Waals surface area contributed by atoms with Crippen molar-refractivity contribution < 1.29 is 9.53 Å². The summed E-state index contributed by atoms with van der Waals surface area (Å²) in [6.07, 6.45) is 10.2. The van der Waals surface area contributed by atoms with Gasteiger partial charge in [0.15, 0.2) is 0 Å². The molecule has 6 rings (SSSR count). The number of carbonyl (C=O) groups excluding carboxylic acids is 1. The standard InChI is InChI=1S/C28H33N9O2/c1-18-25(19-5-9-23(10-6-19)39-16-20-14-32-34-33-20)26-27(29)30-17-31-28(26)37(18)22-11-13-36(15-22)24(38)4-3-12-35(2)21-7-8-21/h3-6,9-10,14,17,21-22H,7-8,11-13,15-16H2,1-2H3,(H2,29,30,31)(H,32,33,34)/b4-3+/t22-/m1/s1. The van der Waals surface area contributed by atoms with Crippen molar-refractivity contribution in [3.63, 3.8) is 0 Å². The second kappa shape index (κ2) is 10.5. The number of amides is 1. The van der Waals surface area contributed by atoms with Gasteiger partial charge in [0.1, 0.15) is 30.1 Å². The Bertz CT molecular complexity index is 1490. The predicted octanol–water partition coefficient (Wildman–Crippen LogP) is 3.11. The van der Waals surface area contributed by atoms with Crippen LogP contribution in [-0.4, -0.2) is 78.4 Å². The molecule has 0 spiro atoms. The maximum absolute atomic E-state index is 12.9. The van der Waals surface area contributed by atoms with E-state index in [1.807, 2.05) is 35.2 Å². The maximum atomic E-state index is 12.9. The summed E-state index contributed by atoms with van der Waals surface area (Å²) in [7, 11) is 2.11. The SMILES string of the molecule is Cc1c(-c2ccc(OCc3cnn[nH]3)cc2)c2c(N)ncnc2n1[C@@H]1CCN(C(=O)/C=C/CN(C)C2CC2)C1. The van der Waals surface area contributed by atoms with Gasteiger partial charge in [-0.25, -0.2) is 9.97 Å². The van der Waals surface area contributed by atoms with Gasteiger partial charge in [-0.1, -0.05) is 23.4 Å². The average molecular weight is 528 g/mol. The van der Waals surface area contributed by atoms with E-state index in [2.05, 4.69) is 48.8 Å². The molecule has 3 aromatic heterocycles. The highest BCUT2D eigenvalue weighted by molar-refractivity contribution is 6.02.